The number of hydrogen-bond donors (Lipinski definition) is 3. The van der Waals surface area contributed by atoms with Gasteiger partial charge in [-0.1, -0.05) is 6.92 Å². The molecule has 1 rings (SSSR count). The summed E-state index contributed by atoms with van der Waals surface area (Å²) >= 11 is 0. The van der Waals surface area contributed by atoms with Crippen molar-refractivity contribution < 1.29 is 14.7 Å². The Balaban J connectivity index is 2.22. The molecule has 7 nitrogen and oxygen atoms in total. The maximum atomic E-state index is 11.5. The van der Waals surface area contributed by atoms with E-state index in [9.17, 15) is 9.59 Å². The van der Waals surface area contributed by atoms with Gasteiger partial charge in [-0.25, -0.2) is 9.78 Å². The number of carbonyl (C=O) groups excluding carboxylic acids is 1. The molecule has 0 aliphatic carbocycles. The second-order valence-electron chi connectivity index (χ2n) is 4.53. The minimum absolute atomic E-state index is 0.00287. The van der Waals surface area contributed by atoms with E-state index < -0.39 is 5.97 Å². The van der Waals surface area contributed by atoms with Gasteiger partial charge in [-0.15, -0.1) is 0 Å². The quantitative estimate of drug-likeness (QED) is 0.618. The zero-order valence-electron chi connectivity index (χ0n) is 11.0. The number of aromatic nitrogens is 2. The molecule has 0 saturated carbocycles. The van der Waals surface area contributed by atoms with E-state index in [1.807, 2.05) is 6.92 Å². The van der Waals surface area contributed by atoms with Crippen molar-refractivity contribution in [1.82, 2.24) is 14.9 Å². The summed E-state index contributed by atoms with van der Waals surface area (Å²) in [5.74, 6) is -0.727. The van der Waals surface area contributed by atoms with Crippen molar-refractivity contribution in [3.05, 3.63) is 18.2 Å². The smallest absolute Gasteiger partial charge is 0.356 e. The fourth-order valence-corrected chi connectivity index (χ4v) is 1.50. The van der Waals surface area contributed by atoms with Crippen molar-refractivity contribution in [2.45, 2.75) is 26.3 Å². The van der Waals surface area contributed by atoms with Gasteiger partial charge < -0.3 is 20.7 Å². The minimum Gasteiger partial charge on any atom is -0.476 e. The van der Waals surface area contributed by atoms with E-state index in [4.69, 9.17) is 10.8 Å². The molecule has 7 heteroatoms. The topological polar surface area (TPSA) is 110 Å². The molecule has 1 aromatic heterocycles. The van der Waals surface area contributed by atoms with Crippen LogP contribution in [-0.4, -0.2) is 39.6 Å². The van der Waals surface area contributed by atoms with Crippen LogP contribution in [0.5, 0.6) is 0 Å². The number of hydrogen-bond acceptors (Lipinski definition) is 4. The van der Waals surface area contributed by atoms with Gasteiger partial charge in [0.1, 0.15) is 0 Å². The molecule has 0 aromatic carbocycles. The molecule has 1 unspecified atom stereocenters. The molecule has 1 atom stereocenters. The number of nitrogens with one attached hydrogen (secondary N) is 1. The maximum absolute atomic E-state index is 11.5. The summed E-state index contributed by atoms with van der Waals surface area (Å²) in [4.78, 5) is 25.8. The fourth-order valence-electron chi connectivity index (χ4n) is 1.50. The van der Waals surface area contributed by atoms with E-state index in [1.165, 1.54) is 12.5 Å². The predicted octanol–water partition coefficient (Wildman–Crippen LogP) is 0.0725. The summed E-state index contributed by atoms with van der Waals surface area (Å²) in [6, 6.07) is 0. The molecule has 1 heterocycles. The van der Waals surface area contributed by atoms with Crippen LogP contribution < -0.4 is 11.1 Å². The third-order valence-corrected chi connectivity index (χ3v) is 2.81. The fraction of sp³-hybridized carbons (Fsp3) is 0.583. The number of carboxylic acid groups (broad SMARTS) is 1. The highest BCUT2D eigenvalue weighted by Gasteiger charge is 2.07. The van der Waals surface area contributed by atoms with Gasteiger partial charge in [0.25, 0.3) is 0 Å². The number of imidazole rings is 1. The highest BCUT2D eigenvalue weighted by molar-refractivity contribution is 5.84. The van der Waals surface area contributed by atoms with Gasteiger partial charge in [0, 0.05) is 25.7 Å². The van der Waals surface area contributed by atoms with Crippen LogP contribution in [0.15, 0.2) is 12.5 Å². The summed E-state index contributed by atoms with van der Waals surface area (Å²) < 4.78 is 1.63. The van der Waals surface area contributed by atoms with E-state index in [2.05, 4.69) is 10.3 Å². The average Bonchev–Trinajstić information content (AvgIpc) is 2.85. The SMILES string of the molecule is CC(CN)CCC(=O)NCCn1cnc(C(=O)O)c1. The molecule has 19 heavy (non-hydrogen) atoms. The first-order valence-corrected chi connectivity index (χ1v) is 6.24. The highest BCUT2D eigenvalue weighted by Crippen LogP contribution is 2.02. The lowest BCUT2D eigenvalue weighted by Gasteiger charge is -2.08. The first-order valence-electron chi connectivity index (χ1n) is 6.24. The van der Waals surface area contributed by atoms with E-state index in [0.29, 0.717) is 32.0 Å². The lowest BCUT2D eigenvalue weighted by Crippen LogP contribution is -2.27. The number of carbonyl (C=O) groups is 2. The van der Waals surface area contributed by atoms with Crippen LogP contribution in [0.25, 0.3) is 0 Å². The molecule has 4 N–H and O–H groups in total. The van der Waals surface area contributed by atoms with E-state index in [0.717, 1.165) is 6.42 Å². The lowest BCUT2D eigenvalue weighted by atomic mass is 10.1. The molecule has 0 spiro atoms. The number of amides is 1. The van der Waals surface area contributed by atoms with Crippen molar-refractivity contribution in [2.75, 3.05) is 13.1 Å². The largest absolute Gasteiger partial charge is 0.476 e. The van der Waals surface area contributed by atoms with Gasteiger partial charge in [-0.2, -0.15) is 0 Å². The van der Waals surface area contributed by atoms with Crippen LogP contribution in [0.1, 0.15) is 30.3 Å². The number of carboxylic acids is 1. The maximum Gasteiger partial charge on any atom is 0.356 e. The molecular formula is C12H20N4O3. The Kier molecular flexibility index (Phi) is 6.01. The van der Waals surface area contributed by atoms with Crippen LogP contribution in [-0.2, 0) is 11.3 Å². The molecule has 106 valence electrons. The summed E-state index contributed by atoms with van der Waals surface area (Å²) in [6.45, 7) is 3.54. The van der Waals surface area contributed by atoms with Gasteiger partial charge in [0.2, 0.25) is 5.91 Å². The zero-order valence-corrected chi connectivity index (χ0v) is 11.0. The van der Waals surface area contributed by atoms with Crippen molar-refractivity contribution in [1.29, 1.82) is 0 Å². The summed E-state index contributed by atoms with van der Waals surface area (Å²) in [6.07, 6.45) is 4.11. The summed E-state index contributed by atoms with van der Waals surface area (Å²) in [5.41, 5.74) is 5.47. The van der Waals surface area contributed by atoms with E-state index in [1.54, 1.807) is 4.57 Å². The molecular weight excluding hydrogens is 248 g/mol. The highest BCUT2D eigenvalue weighted by atomic mass is 16.4. The summed E-state index contributed by atoms with van der Waals surface area (Å²) in [7, 11) is 0. The standard InChI is InChI=1S/C12H20N4O3/c1-9(6-13)2-3-11(17)14-4-5-16-7-10(12(18)19)15-8-16/h7-9H,2-6,13H2,1H3,(H,14,17)(H,18,19). The monoisotopic (exact) mass is 268 g/mol. The van der Waals surface area contributed by atoms with Gasteiger partial charge >= 0.3 is 5.97 Å². The van der Waals surface area contributed by atoms with Gasteiger partial charge in [-0.05, 0) is 18.9 Å². The van der Waals surface area contributed by atoms with Crippen LogP contribution in [0, 0.1) is 5.92 Å². The molecule has 0 saturated heterocycles. The molecule has 0 radical (unpaired) electrons. The lowest BCUT2D eigenvalue weighted by molar-refractivity contribution is -0.121. The number of nitrogens with two attached hydrogens (primary N) is 1. The van der Waals surface area contributed by atoms with Crippen LogP contribution in [0.2, 0.25) is 0 Å². The molecule has 0 aliphatic rings. The van der Waals surface area contributed by atoms with Gasteiger partial charge in [-0.3, -0.25) is 4.79 Å². The van der Waals surface area contributed by atoms with Gasteiger partial charge in [0.15, 0.2) is 5.69 Å². The van der Waals surface area contributed by atoms with Crippen molar-refractivity contribution in [3.63, 3.8) is 0 Å². The van der Waals surface area contributed by atoms with E-state index in [-0.39, 0.29) is 11.6 Å². The Morgan fingerprint density at radius 2 is 2.32 bits per heavy atom. The first-order chi connectivity index (χ1) is 9.02. The van der Waals surface area contributed by atoms with Crippen molar-refractivity contribution in [2.24, 2.45) is 11.7 Å². The number of rotatable bonds is 8. The van der Waals surface area contributed by atoms with E-state index >= 15 is 0 Å². The van der Waals surface area contributed by atoms with Crippen LogP contribution in [0.3, 0.4) is 0 Å². The number of aromatic carboxylic acids is 1. The molecule has 0 fully saturated rings. The third kappa shape index (κ3) is 5.52. The second kappa shape index (κ2) is 7.52. The Hall–Kier alpha value is -1.89. The van der Waals surface area contributed by atoms with Crippen LogP contribution in [0.4, 0.5) is 0 Å². The third-order valence-electron chi connectivity index (χ3n) is 2.81. The Morgan fingerprint density at radius 3 is 2.89 bits per heavy atom. The second-order valence-corrected chi connectivity index (χ2v) is 4.53. The normalized spacial score (nSPS) is 12.1. The van der Waals surface area contributed by atoms with Gasteiger partial charge in [0.05, 0.1) is 6.33 Å². The Morgan fingerprint density at radius 1 is 1.58 bits per heavy atom. The molecule has 1 aromatic rings. The zero-order chi connectivity index (χ0) is 14.3. The Labute approximate surface area is 111 Å². The predicted molar refractivity (Wildman–Crippen MR) is 69.6 cm³/mol. The Bertz CT molecular complexity index is 430. The van der Waals surface area contributed by atoms with Crippen molar-refractivity contribution in [3.8, 4) is 0 Å². The minimum atomic E-state index is -1.06. The molecule has 0 aliphatic heterocycles. The first kappa shape index (κ1) is 15.2. The molecule has 0 bridgehead atoms. The van der Waals surface area contributed by atoms with Crippen LogP contribution >= 0.6 is 0 Å². The number of nitrogens with zero attached hydrogens (tertiary/aromatic N) is 2. The average molecular weight is 268 g/mol. The molecule has 1 amide bonds. The summed E-state index contributed by atoms with van der Waals surface area (Å²) in [5, 5.41) is 11.5. The van der Waals surface area contributed by atoms with Crippen molar-refractivity contribution >= 4 is 11.9 Å².